The number of nitrogens with one attached hydrogen (secondary N) is 1. The van der Waals surface area contributed by atoms with Crippen LogP contribution in [-0.2, 0) is 22.6 Å². The number of fused-ring (bicyclic) bond motifs is 2. The van der Waals surface area contributed by atoms with Crippen LogP contribution in [0.1, 0.15) is 43.7 Å². The predicted molar refractivity (Wildman–Crippen MR) is 158 cm³/mol. The summed E-state index contributed by atoms with van der Waals surface area (Å²) in [6.07, 6.45) is 15.0. The Kier molecular flexibility index (Phi) is 10.4. The minimum Gasteiger partial charge on any atom is -0.504 e. The van der Waals surface area contributed by atoms with E-state index in [1.165, 1.54) is 13.2 Å². The number of ether oxygens (including phenoxy) is 1. The van der Waals surface area contributed by atoms with Gasteiger partial charge in [0, 0.05) is 37.3 Å². The molecular weight excluding hydrogens is 532 g/mol. The molecule has 3 heterocycles. The fourth-order valence-electron chi connectivity index (χ4n) is 4.64. The van der Waals surface area contributed by atoms with E-state index in [2.05, 4.69) is 27.9 Å². The van der Waals surface area contributed by atoms with Crippen molar-refractivity contribution in [2.45, 2.75) is 57.0 Å². The first-order valence-corrected chi connectivity index (χ1v) is 15.5. The van der Waals surface area contributed by atoms with Gasteiger partial charge in [0.25, 0.3) is 0 Å². The third kappa shape index (κ3) is 8.03. The molecule has 0 radical (unpaired) electrons. The molecule has 8 nitrogen and oxygen atoms in total. The number of hydrogen-bond donors (Lipinski definition) is 3. The first kappa shape index (κ1) is 29.0. The topological polar surface area (TPSA) is 119 Å². The molecule has 0 saturated heterocycles. The SMILES string of the molecule is CCC1CCC(=O)CC(=O)C=Cc2cc(OC)c(O)cc2CC2=CNC(N)C(=C2)C(Cn2ccnc2)SSC1. The molecule has 0 aliphatic carbocycles. The van der Waals surface area contributed by atoms with Gasteiger partial charge in [-0.25, -0.2) is 4.98 Å². The van der Waals surface area contributed by atoms with Gasteiger partial charge >= 0.3 is 0 Å². The Hall–Kier alpha value is -2.95. The van der Waals surface area contributed by atoms with Gasteiger partial charge in [0.15, 0.2) is 17.3 Å². The Labute approximate surface area is 237 Å². The van der Waals surface area contributed by atoms with E-state index in [1.54, 1.807) is 46.0 Å². The van der Waals surface area contributed by atoms with Crippen LogP contribution in [0.2, 0.25) is 0 Å². The zero-order valence-electron chi connectivity index (χ0n) is 22.3. The molecular formula is C29H36N4O4S2. The van der Waals surface area contributed by atoms with Gasteiger partial charge < -0.3 is 25.5 Å². The van der Waals surface area contributed by atoms with Crippen LogP contribution in [0.15, 0.2) is 60.4 Å². The number of rotatable bonds is 4. The number of Topliss-reactive ketones (excluding diaryl/α,β-unsaturated/α-hetero) is 1. The maximum Gasteiger partial charge on any atom is 0.163 e. The predicted octanol–water partition coefficient (Wildman–Crippen LogP) is 4.65. The average Bonchev–Trinajstić information content (AvgIpc) is 3.43. The lowest BCUT2D eigenvalue weighted by Crippen LogP contribution is -2.42. The summed E-state index contributed by atoms with van der Waals surface area (Å²) in [4.78, 5) is 29.4. The maximum atomic E-state index is 12.6. The molecule has 2 aromatic rings. The second-order valence-corrected chi connectivity index (χ2v) is 12.5. The molecule has 0 spiro atoms. The number of dihydropyridines is 1. The van der Waals surface area contributed by atoms with Crippen molar-refractivity contribution < 1.29 is 19.4 Å². The normalized spacial score (nSPS) is 23.1. The number of aromatic nitrogens is 2. The molecule has 0 saturated carbocycles. The average molecular weight is 569 g/mol. The monoisotopic (exact) mass is 568 g/mol. The fraction of sp³-hybridized carbons (Fsp3) is 0.414. The van der Waals surface area contributed by atoms with E-state index < -0.39 is 0 Å². The van der Waals surface area contributed by atoms with E-state index in [4.69, 9.17) is 10.5 Å². The molecule has 10 heteroatoms. The number of methoxy groups -OCH3 is 1. The number of nitrogens with zero attached hydrogens (tertiary/aromatic N) is 2. The number of phenolic OH excluding ortho intramolecular Hbond substituents is 1. The molecule has 4 rings (SSSR count). The maximum absolute atomic E-state index is 12.6. The quantitative estimate of drug-likeness (QED) is 0.358. The molecule has 0 fully saturated rings. The molecule has 3 atom stereocenters. The number of carbonyl (C=O) groups is 2. The van der Waals surface area contributed by atoms with Crippen molar-refractivity contribution in [2.75, 3.05) is 12.9 Å². The first-order chi connectivity index (χ1) is 18.9. The van der Waals surface area contributed by atoms with Gasteiger partial charge in [-0.15, -0.1) is 0 Å². The molecule has 4 N–H and O–H groups in total. The van der Waals surface area contributed by atoms with Gasteiger partial charge in [0.2, 0.25) is 0 Å². The lowest BCUT2D eigenvalue weighted by Gasteiger charge is -2.29. The molecule has 0 amide bonds. The van der Waals surface area contributed by atoms with Gasteiger partial charge in [-0.05, 0) is 59.2 Å². The van der Waals surface area contributed by atoms with E-state index in [-0.39, 0.29) is 35.2 Å². The molecule has 2 bridgehead atoms. The summed E-state index contributed by atoms with van der Waals surface area (Å²) < 4.78 is 7.37. The Morgan fingerprint density at radius 2 is 2.10 bits per heavy atom. The van der Waals surface area contributed by atoms with Crippen molar-refractivity contribution >= 4 is 39.2 Å². The van der Waals surface area contributed by atoms with Gasteiger partial charge in [-0.2, -0.15) is 0 Å². The number of carbonyl (C=O) groups excluding carboxylic acids is 2. The van der Waals surface area contributed by atoms with Gasteiger partial charge in [-0.3, -0.25) is 9.59 Å². The summed E-state index contributed by atoms with van der Waals surface area (Å²) in [6, 6.07) is 3.37. The van der Waals surface area contributed by atoms with Crippen LogP contribution in [0.3, 0.4) is 0 Å². The molecule has 39 heavy (non-hydrogen) atoms. The summed E-state index contributed by atoms with van der Waals surface area (Å²) in [5, 5.41) is 13.9. The van der Waals surface area contributed by atoms with Crippen molar-refractivity contribution in [2.24, 2.45) is 11.7 Å². The van der Waals surface area contributed by atoms with Crippen LogP contribution in [0, 0.1) is 5.92 Å². The second kappa shape index (κ2) is 13.9. The summed E-state index contributed by atoms with van der Waals surface area (Å²) in [7, 11) is 5.09. The summed E-state index contributed by atoms with van der Waals surface area (Å²) in [5.74, 6) is 1.37. The Morgan fingerprint density at radius 1 is 1.26 bits per heavy atom. The number of benzene rings is 1. The smallest absolute Gasteiger partial charge is 0.163 e. The largest absolute Gasteiger partial charge is 0.504 e. The standard InChI is InChI=1S/C29H36N4O4S2/c1-3-19-4-6-23(34)14-24(35)7-5-21-13-27(37-2)26(36)12-22(21)10-20-11-25(29(30)32-15-20)28(39-38-17-19)16-33-9-8-31-18-33/h5,7-9,11-13,15,18-19,28-29,32,36H,3-4,6,10,14,16-17,30H2,1-2H3. The number of nitrogens with two attached hydrogens (primary N) is 1. The molecule has 1 aromatic heterocycles. The number of phenols is 1. The zero-order chi connectivity index (χ0) is 27.8. The third-order valence-electron chi connectivity index (χ3n) is 7.02. The molecule has 3 unspecified atom stereocenters. The van der Waals surface area contributed by atoms with Crippen LogP contribution < -0.4 is 15.8 Å². The number of allylic oxidation sites excluding steroid dienone is 3. The minimum absolute atomic E-state index is 0.0222. The second-order valence-electron chi connectivity index (χ2n) is 9.86. The zero-order valence-corrected chi connectivity index (χ0v) is 24.0. The van der Waals surface area contributed by atoms with Gasteiger partial charge in [-0.1, -0.05) is 47.1 Å². The summed E-state index contributed by atoms with van der Waals surface area (Å²) >= 11 is 0. The Balaban J connectivity index is 1.70. The third-order valence-corrected chi connectivity index (χ3v) is 9.93. The molecule has 1 aromatic carbocycles. The van der Waals surface area contributed by atoms with E-state index in [0.717, 1.165) is 47.4 Å². The lowest BCUT2D eigenvalue weighted by molar-refractivity contribution is -0.124. The van der Waals surface area contributed by atoms with Crippen LogP contribution in [0.25, 0.3) is 6.08 Å². The highest BCUT2D eigenvalue weighted by molar-refractivity contribution is 8.77. The fourth-order valence-corrected chi connectivity index (χ4v) is 7.86. The highest BCUT2D eigenvalue weighted by Gasteiger charge is 2.25. The van der Waals surface area contributed by atoms with Crippen LogP contribution >= 0.6 is 21.6 Å². The Morgan fingerprint density at radius 3 is 2.85 bits per heavy atom. The van der Waals surface area contributed by atoms with Crippen molar-refractivity contribution in [1.29, 1.82) is 0 Å². The van der Waals surface area contributed by atoms with E-state index in [0.29, 0.717) is 24.5 Å². The number of aromatic hydroxyl groups is 1. The minimum atomic E-state index is -0.332. The summed E-state index contributed by atoms with van der Waals surface area (Å²) in [6.45, 7) is 2.87. The van der Waals surface area contributed by atoms with Crippen LogP contribution in [0.5, 0.6) is 11.5 Å². The summed E-state index contributed by atoms with van der Waals surface area (Å²) in [5.41, 5.74) is 10.2. The molecule has 208 valence electrons. The highest BCUT2D eigenvalue weighted by Crippen LogP contribution is 2.38. The van der Waals surface area contributed by atoms with E-state index in [9.17, 15) is 14.7 Å². The van der Waals surface area contributed by atoms with Gasteiger partial charge in [0.1, 0.15) is 5.78 Å². The van der Waals surface area contributed by atoms with Crippen molar-refractivity contribution in [3.63, 3.8) is 0 Å². The molecule has 2 aliphatic rings. The van der Waals surface area contributed by atoms with Crippen LogP contribution in [0.4, 0.5) is 0 Å². The highest BCUT2D eigenvalue weighted by atomic mass is 33.1. The number of ketones is 2. The van der Waals surface area contributed by atoms with E-state index >= 15 is 0 Å². The first-order valence-electron chi connectivity index (χ1n) is 13.1. The van der Waals surface area contributed by atoms with Crippen molar-refractivity contribution in [3.8, 4) is 11.5 Å². The van der Waals surface area contributed by atoms with Crippen LogP contribution in [-0.4, -0.2) is 50.5 Å². The number of hydrogen-bond acceptors (Lipinski definition) is 9. The lowest BCUT2D eigenvalue weighted by atomic mass is 9.94. The molecule has 2 aliphatic heterocycles. The van der Waals surface area contributed by atoms with Gasteiger partial charge in [0.05, 0.1) is 31.3 Å². The Bertz CT molecular complexity index is 1260. The van der Waals surface area contributed by atoms with Crippen molar-refractivity contribution in [3.05, 3.63) is 71.5 Å². The van der Waals surface area contributed by atoms with E-state index in [1.807, 2.05) is 18.7 Å². The van der Waals surface area contributed by atoms with Crippen molar-refractivity contribution in [1.82, 2.24) is 14.9 Å². The number of imidazole rings is 1.